The lowest BCUT2D eigenvalue weighted by atomic mass is 9.80. The van der Waals surface area contributed by atoms with Crippen LogP contribution in [0.2, 0.25) is 0 Å². The van der Waals surface area contributed by atoms with Crippen molar-refractivity contribution in [3.05, 3.63) is 144 Å². The topological polar surface area (TPSA) is 36.9 Å². The molecule has 0 aromatic heterocycles. The number of fused-ring (bicyclic) bond motifs is 6. The van der Waals surface area contributed by atoms with Gasteiger partial charge in [0.1, 0.15) is 23.0 Å². The molecule has 2 aliphatic rings. The molecule has 0 radical (unpaired) electrons. The van der Waals surface area contributed by atoms with E-state index in [0.717, 1.165) is 91.0 Å². The van der Waals surface area contributed by atoms with E-state index in [-0.39, 0.29) is 10.8 Å². The van der Waals surface area contributed by atoms with Crippen molar-refractivity contribution in [2.75, 3.05) is 0 Å². The van der Waals surface area contributed by atoms with Gasteiger partial charge in [0.05, 0.1) is 10.6 Å². The Hall–Kier alpha value is -4.62. The predicted molar refractivity (Wildman–Crippen MR) is 227 cm³/mol. The van der Waals surface area contributed by atoms with Gasteiger partial charge in [-0.2, -0.15) is 0 Å². The van der Waals surface area contributed by atoms with Crippen LogP contribution in [0.1, 0.15) is 77.6 Å². The number of para-hydroxylation sites is 2. The maximum atomic E-state index is 7.39. The molecule has 2 aliphatic heterocycles. The van der Waals surface area contributed by atoms with Crippen LogP contribution < -0.4 is 28.7 Å². The van der Waals surface area contributed by atoms with Gasteiger partial charge >= 0.3 is 16.8 Å². The second-order valence-electron chi connectivity index (χ2n) is 16.2. The Bertz CT molecular complexity index is 2200. The summed E-state index contributed by atoms with van der Waals surface area (Å²) in [5.41, 5.74) is 10.8. The number of benzene rings is 6. The van der Waals surface area contributed by atoms with E-state index < -0.39 is 16.8 Å². The normalized spacial score (nSPS) is 15.9. The van der Waals surface area contributed by atoms with Gasteiger partial charge in [-0.25, -0.2) is 0 Å². The molecule has 2 atom stereocenters. The molecule has 0 bridgehead atoms. The molecule has 0 N–H and O–H groups in total. The van der Waals surface area contributed by atoms with Gasteiger partial charge < -0.3 is 18.1 Å². The van der Waals surface area contributed by atoms with Crippen LogP contribution in [-0.4, -0.2) is 0 Å². The number of hydrogen-bond acceptors (Lipinski definition) is 4. The summed E-state index contributed by atoms with van der Waals surface area (Å²) in [4.78, 5) is 0. The van der Waals surface area contributed by atoms with Gasteiger partial charge in [0.2, 0.25) is 0 Å². The van der Waals surface area contributed by atoms with Gasteiger partial charge in [0.15, 0.2) is 0 Å². The second kappa shape index (κ2) is 14.2. The molecule has 0 saturated carbocycles. The van der Waals surface area contributed by atoms with Crippen LogP contribution >= 0.6 is 16.8 Å². The number of hydrogen-bond donors (Lipinski definition) is 0. The first-order chi connectivity index (χ1) is 25.9. The third kappa shape index (κ3) is 6.70. The molecule has 6 aromatic carbocycles. The van der Waals surface area contributed by atoms with Crippen molar-refractivity contribution in [2.45, 2.75) is 79.1 Å². The van der Waals surface area contributed by atoms with Crippen molar-refractivity contribution in [3.8, 4) is 56.4 Å². The third-order valence-corrected chi connectivity index (χ3v) is 13.3. The van der Waals surface area contributed by atoms with Crippen LogP contribution in [-0.2, 0) is 23.7 Å². The maximum absolute atomic E-state index is 7.39. The highest BCUT2D eigenvalue weighted by Crippen LogP contribution is 2.57. The second-order valence-corrected chi connectivity index (χ2v) is 18.9. The molecule has 6 aromatic rings. The highest BCUT2D eigenvalue weighted by molar-refractivity contribution is 7.57. The van der Waals surface area contributed by atoms with E-state index in [1.54, 1.807) is 0 Å². The molecule has 0 aliphatic carbocycles. The van der Waals surface area contributed by atoms with Crippen molar-refractivity contribution >= 4 is 27.4 Å². The first-order valence-electron chi connectivity index (χ1n) is 19.0. The Morgan fingerprint density at radius 3 is 1.17 bits per heavy atom. The van der Waals surface area contributed by atoms with E-state index in [1.165, 1.54) is 11.1 Å². The fraction of sp³-hybridized carbons (Fsp3) is 0.250. The predicted octanol–water partition coefficient (Wildman–Crippen LogP) is 13.2. The molecule has 54 heavy (non-hydrogen) atoms. The van der Waals surface area contributed by atoms with Crippen molar-refractivity contribution < 1.29 is 18.1 Å². The molecule has 2 unspecified atom stereocenters. The first kappa shape index (κ1) is 36.4. The van der Waals surface area contributed by atoms with Gasteiger partial charge in [0.25, 0.3) is 0 Å². The van der Waals surface area contributed by atoms with Crippen molar-refractivity contribution in [1.82, 2.24) is 0 Å². The van der Waals surface area contributed by atoms with Crippen LogP contribution in [0.25, 0.3) is 33.4 Å². The quantitative estimate of drug-likeness (QED) is 0.152. The van der Waals surface area contributed by atoms with Crippen molar-refractivity contribution in [3.63, 3.8) is 0 Å². The summed E-state index contributed by atoms with van der Waals surface area (Å²) >= 11 is 0. The molecule has 0 spiro atoms. The van der Waals surface area contributed by atoms with Gasteiger partial charge in [-0.3, -0.25) is 0 Å². The number of aryl methyl sites for hydroxylation is 2. The smallest absolute Gasteiger partial charge is 0.326 e. The minimum absolute atomic E-state index is 0.229. The summed E-state index contributed by atoms with van der Waals surface area (Å²) < 4.78 is 28.4. The van der Waals surface area contributed by atoms with E-state index in [9.17, 15) is 0 Å². The largest absolute Gasteiger partial charge is 0.435 e. The van der Waals surface area contributed by atoms with Gasteiger partial charge in [-0.05, 0) is 82.3 Å². The zero-order chi connectivity index (χ0) is 37.8. The average molecular weight is 751 g/mol. The standard InChI is InChI=1S/C48H48O4P2/c1-9-31-27-37(45(39(29-31)47(3,4)5)51-53-43-25-17-13-21-35(43)33-19-11-15-23-41(33)49-53)38-28-32(10-2)30-40(48(6,7)8)46(38)52-54-44-26-18-14-22-36(44)34-20-12-16-24-42(34)50-54/h11-30H,9-10H2,1-8H3. The molecular formula is C48H48O4P2. The Morgan fingerprint density at radius 2 is 0.796 bits per heavy atom. The molecule has 6 heteroatoms. The first-order valence-corrected chi connectivity index (χ1v) is 21.3. The number of rotatable bonds is 7. The fourth-order valence-electron chi connectivity index (χ4n) is 7.33. The Morgan fingerprint density at radius 1 is 0.444 bits per heavy atom. The Labute approximate surface area is 323 Å². The lowest BCUT2D eigenvalue weighted by Gasteiger charge is -2.33. The summed E-state index contributed by atoms with van der Waals surface area (Å²) in [5, 5.41) is 2.14. The highest BCUT2D eigenvalue weighted by atomic mass is 31.2. The van der Waals surface area contributed by atoms with E-state index in [1.807, 2.05) is 24.3 Å². The van der Waals surface area contributed by atoms with Gasteiger partial charge in [-0.1, -0.05) is 140 Å². The monoisotopic (exact) mass is 750 g/mol. The molecule has 0 amide bonds. The summed E-state index contributed by atoms with van der Waals surface area (Å²) in [5.74, 6) is 3.35. The summed E-state index contributed by atoms with van der Waals surface area (Å²) in [6.07, 6.45) is 1.77. The summed E-state index contributed by atoms with van der Waals surface area (Å²) in [6.45, 7) is 18.1. The zero-order valence-electron chi connectivity index (χ0n) is 32.5. The van der Waals surface area contributed by atoms with Crippen LogP contribution in [0.4, 0.5) is 0 Å². The van der Waals surface area contributed by atoms with Gasteiger partial charge in [0, 0.05) is 33.4 Å². The molecular weight excluding hydrogens is 702 g/mol. The highest BCUT2D eigenvalue weighted by Gasteiger charge is 2.36. The van der Waals surface area contributed by atoms with E-state index in [0.29, 0.717) is 0 Å². The van der Waals surface area contributed by atoms with Crippen LogP contribution in [0, 0.1) is 0 Å². The summed E-state index contributed by atoms with van der Waals surface area (Å²) in [6, 6.07) is 42.8. The molecule has 0 fully saturated rings. The van der Waals surface area contributed by atoms with Crippen LogP contribution in [0.5, 0.6) is 23.0 Å². The maximum Gasteiger partial charge on any atom is 0.326 e. The van der Waals surface area contributed by atoms with Crippen LogP contribution in [0.3, 0.4) is 0 Å². The fourth-order valence-corrected chi connectivity index (χ4v) is 10.4. The molecule has 0 saturated heterocycles. The van der Waals surface area contributed by atoms with E-state index in [4.69, 9.17) is 18.1 Å². The minimum Gasteiger partial charge on any atom is -0.435 e. The van der Waals surface area contributed by atoms with Crippen molar-refractivity contribution in [2.24, 2.45) is 0 Å². The zero-order valence-corrected chi connectivity index (χ0v) is 34.3. The third-order valence-electron chi connectivity index (χ3n) is 10.3. The lowest BCUT2D eigenvalue weighted by Crippen LogP contribution is -2.21. The molecule has 274 valence electrons. The Balaban J connectivity index is 1.36. The lowest BCUT2D eigenvalue weighted by molar-refractivity contribution is 0.476. The molecule has 8 rings (SSSR count). The minimum atomic E-state index is -1.53. The van der Waals surface area contributed by atoms with Crippen LogP contribution in [0.15, 0.2) is 121 Å². The molecule has 2 heterocycles. The van der Waals surface area contributed by atoms with Crippen molar-refractivity contribution in [1.29, 1.82) is 0 Å². The average Bonchev–Trinajstić information content (AvgIpc) is 3.17. The molecule has 4 nitrogen and oxygen atoms in total. The van der Waals surface area contributed by atoms with E-state index in [2.05, 4.69) is 152 Å². The van der Waals surface area contributed by atoms with Gasteiger partial charge in [-0.15, -0.1) is 0 Å². The van der Waals surface area contributed by atoms with E-state index >= 15 is 0 Å². The SMILES string of the molecule is CCc1cc(-c2cc(CC)cc(C(C)(C)C)c2OP2Oc3ccccc3-c3ccccc32)c(OP2Oc3ccccc3-c3ccccc32)c(C(C)(C)C)c1. The summed E-state index contributed by atoms with van der Waals surface area (Å²) in [7, 11) is -3.05. The Kier molecular flexibility index (Phi) is 9.58.